The van der Waals surface area contributed by atoms with Gasteiger partial charge in [0.1, 0.15) is 5.01 Å². The minimum Gasteiger partial charge on any atom is -0.493 e. The average Bonchev–Trinajstić information content (AvgIpc) is 3.15. The molecule has 0 aliphatic heterocycles. The first-order chi connectivity index (χ1) is 13.9. The molecule has 1 N–H and O–H groups in total. The molecule has 0 aliphatic carbocycles. The number of hydrogen-bond acceptors (Lipinski definition) is 5. The Balaban J connectivity index is 1.67. The van der Waals surface area contributed by atoms with Gasteiger partial charge >= 0.3 is 0 Å². The molecule has 152 valence electrons. The van der Waals surface area contributed by atoms with Gasteiger partial charge in [0.2, 0.25) is 5.91 Å². The topological polar surface area (TPSA) is 60.5 Å². The molecule has 5 nitrogen and oxygen atoms in total. The number of halogens is 2. The van der Waals surface area contributed by atoms with Crippen molar-refractivity contribution in [3.05, 3.63) is 63.1 Å². The Morgan fingerprint density at radius 3 is 2.59 bits per heavy atom. The predicted molar refractivity (Wildman–Crippen MR) is 117 cm³/mol. The van der Waals surface area contributed by atoms with E-state index < -0.39 is 0 Å². The molecule has 0 fully saturated rings. The highest BCUT2D eigenvalue weighted by Gasteiger charge is 2.15. The van der Waals surface area contributed by atoms with Crippen LogP contribution >= 0.6 is 34.5 Å². The van der Waals surface area contributed by atoms with Crippen molar-refractivity contribution in [1.29, 1.82) is 0 Å². The van der Waals surface area contributed by atoms with E-state index in [0.717, 1.165) is 16.1 Å². The zero-order valence-electron chi connectivity index (χ0n) is 16.2. The summed E-state index contributed by atoms with van der Waals surface area (Å²) in [6, 6.07) is 10.6. The van der Waals surface area contributed by atoms with Crippen LogP contribution in [-0.2, 0) is 11.2 Å². The highest BCUT2D eigenvalue weighted by Crippen LogP contribution is 2.33. The fourth-order valence-electron chi connectivity index (χ4n) is 2.88. The molecule has 0 radical (unpaired) electrons. The van der Waals surface area contributed by atoms with Crippen LogP contribution in [0.15, 0.2) is 41.8 Å². The van der Waals surface area contributed by atoms with Crippen LogP contribution in [0.25, 0.3) is 10.6 Å². The summed E-state index contributed by atoms with van der Waals surface area (Å²) < 4.78 is 10.6. The number of methoxy groups -OCH3 is 2. The molecule has 29 heavy (non-hydrogen) atoms. The van der Waals surface area contributed by atoms with Crippen LogP contribution < -0.4 is 14.8 Å². The summed E-state index contributed by atoms with van der Waals surface area (Å²) in [6.45, 7) is 1.88. The van der Waals surface area contributed by atoms with Gasteiger partial charge in [-0.2, -0.15) is 0 Å². The number of ether oxygens (including phenoxy) is 2. The van der Waals surface area contributed by atoms with Crippen molar-refractivity contribution in [3.8, 4) is 22.1 Å². The zero-order chi connectivity index (χ0) is 21.0. The Morgan fingerprint density at radius 2 is 1.90 bits per heavy atom. The van der Waals surface area contributed by atoms with Gasteiger partial charge in [-0.1, -0.05) is 29.3 Å². The highest BCUT2D eigenvalue weighted by atomic mass is 35.5. The first kappa shape index (κ1) is 21.4. The molecule has 0 saturated heterocycles. The third kappa shape index (κ3) is 5.21. The van der Waals surface area contributed by atoms with Gasteiger partial charge in [-0.25, -0.2) is 4.98 Å². The van der Waals surface area contributed by atoms with Crippen molar-refractivity contribution in [2.24, 2.45) is 0 Å². The molecule has 3 aromatic rings. The lowest BCUT2D eigenvalue weighted by Crippen LogP contribution is -2.28. The molecule has 0 aliphatic rings. The van der Waals surface area contributed by atoms with E-state index in [4.69, 9.17) is 32.7 Å². The second-order valence-electron chi connectivity index (χ2n) is 6.35. The number of nitrogens with one attached hydrogen (secondary N) is 1. The molecule has 1 heterocycles. The summed E-state index contributed by atoms with van der Waals surface area (Å²) in [4.78, 5) is 17.0. The van der Waals surface area contributed by atoms with E-state index >= 15 is 0 Å². The maximum Gasteiger partial charge on any atom is 0.226 e. The number of carbonyl (C=O) groups is 1. The summed E-state index contributed by atoms with van der Waals surface area (Å²) in [5, 5.41) is 6.72. The van der Waals surface area contributed by atoms with Crippen LogP contribution in [0.2, 0.25) is 10.0 Å². The van der Waals surface area contributed by atoms with E-state index in [1.54, 1.807) is 26.4 Å². The zero-order valence-corrected chi connectivity index (χ0v) is 18.5. The molecule has 3 rings (SSSR count). The Hall–Kier alpha value is -2.28. The van der Waals surface area contributed by atoms with Gasteiger partial charge in [0.25, 0.3) is 0 Å². The Kier molecular flexibility index (Phi) is 7.00. The third-order valence-corrected chi connectivity index (χ3v) is 5.83. The maximum atomic E-state index is 12.5. The first-order valence-electron chi connectivity index (χ1n) is 8.82. The SMILES string of the molecule is COc1ccc(-c2nc(CC(=O)NC(C)c3ccc(Cl)cc3Cl)cs2)cc1OC. The minimum atomic E-state index is -0.240. The van der Waals surface area contributed by atoms with Crippen molar-refractivity contribution in [1.82, 2.24) is 10.3 Å². The number of hydrogen-bond donors (Lipinski definition) is 1. The number of carbonyl (C=O) groups excluding carboxylic acids is 1. The summed E-state index contributed by atoms with van der Waals surface area (Å²) in [5.41, 5.74) is 2.42. The fraction of sp³-hybridized carbons (Fsp3) is 0.238. The van der Waals surface area contributed by atoms with Crippen molar-refractivity contribution in [2.45, 2.75) is 19.4 Å². The molecule has 8 heteroatoms. The number of rotatable bonds is 7. The van der Waals surface area contributed by atoms with Gasteiger partial charge in [-0.3, -0.25) is 4.79 Å². The number of amides is 1. The van der Waals surface area contributed by atoms with E-state index in [1.165, 1.54) is 11.3 Å². The molecule has 0 saturated carbocycles. The van der Waals surface area contributed by atoms with Crippen LogP contribution in [0.4, 0.5) is 0 Å². The van der Waals surface area contributed by atoms with Gasteiger partial charge in [0.05, 0.1) is 32.4 Å². The van der Waals surface area contributed by atoms with Crippen LogP contribution in [0.5, 0.6) is 11.5 Å². The lowest BCUT2D eigenvalue weighted by atomic mass is 10.1. The molecular weight excluding hydrogens is 431 g/mol. The van der Waals surface area contributed by atoms with E-state index in [0.29, 0.717) is 27.2 Å². The normalized spacial score (nSPS) is 11.8. The van der Waals surface area contributed by atoms with Gasteiger partial charge < -0.3 is 14.8 Å². The van der Waals surface area contributed by atoms with Gasteiger partial charge in [-0.15, -0.1) is 11.3 Å². The quantitative estimate of drug-likeness (QED) is 0.512. The smallest absolute Gasteiger partial charge is 0.226 e. The fourth-order valence-corrected chi connectivity index (χ4v) is 4.27. The summed E-state index contributed by atoms with van der Waals surface area (Å²) in [7, 11) is 3.18. The van der Waals surface area contributed by atoms with Gasteiger partial charge in [0.15, 0.2) is 11.5 Å². The second-order valence-corrected chi connectivity index (χ2v) is 8.05. The highest BCUT2D eigenvalue weighted by molar-refractivity contribution is 7.13. The van der Waals surface area contributed by atoms with Crippen molar-refractivity contribution in [3.63, 3.8) is 0 Å². The summed E-state index contributed by atoms with van der Waals surface area (Å²) >= 11 is 13.6. The van der Waals surface area contributed by atoms with E-state index in [2.05, 4.69) is 10.3 Å². The van der Waals surface area contributed by atoms with Gasteiger partial charge in [0, 0.05) is 21.0 Å². The monoisotopic (exact) mass is 450 g/mol. The molecule has 1 aromatic heterocycles. The lowest BCUT2D eigenvalue weighted by Gasteiger charge is -2.15. The summed E-state index contributed by atoms with van der Waals surface area (Å²) in [5.74, 6) is 1.16. The van der Waals surface area contributed by atoms with Gasteiger partial charge in [-0.05, 0) is 42.8 Å². The molecule has 1 atom stereocenters. The molecule has 0 spiro atoms. The Bertz CT molecular complexity index is 1020. The van der Waals surface area contributed by atoms with Crippen molar-refractivity contribution >= 4 is 40.4 Å². The third-order valence-electron chi connectivity index (χ3n) is 4.33. The number of thiazole rings is 1. The van der Waals surface area contributed by atoms with Crippen molar-refractivity contribution in [2.75, 3.05) is 14.2 Å². The van der Waals surface area contributed by atoms with Crippen LogP contribution in [0.1, 0.15) is 24.2 Å². The largest absolute Gasteiger partial charge is 0.493 e. The maximum absolute atomic E-state index is 12.5. The number of benzene rings is 2. The summed E-state index contributed by atoms with van der Waals surface area (Å²) in [6.07, 6.45) is 0.180. The molecular formula is C21H20Cl2N2O3S. The first-order valence-corrected chi connectivity index (χ1v) is 10.5. The number of nitrogens with zero attached hydrogens (tertiary/aromatic N) is 1. The predicted octanol–water partition coefficient (Wildman–Crippen LogP) is 5.55. The van der Waals surface area contributed by atoms with Crippen LogP contribution in [0.3, 0.4) is 0 Å². The molecule has 1 unspecified atom stereocenters. The molecule has 1 amide bonds. The standard InChI is InChI=1S/C21H20Cl2N2O3S/c1-12(16-6-5-14(22)9-17(16)23)24-20(26)10-15-11-29-21(25-15)13-4-7-18(27-2)19(8-13)28-3/h4-9,11-12H,10H2,1-3H3,(H,24,26). The number of aromatic nitrogens is 1. The lowest BCUT2D eigenvalue weighted by molar-refractivity contribution is -0.121. The molecule has 2 aromatic carbocycles. The Labute approximate surface area is 183 Å². The van der Waals surface area contributed by atoms with Crippen LogP contribution in [0, 0.1) is 0 Å². The van der Waals surface area contributed by atoms with Crippen molar-refractivity contribution < 1.29 is 14.3 Å². The van der Waals surface area contributed by atoms with E-state index in [-0.39, 0.29) is 18.4 Å². The molecule has 0 bridgehead atoms. The Morgan fingerprint density at radius 1 is 1.14 bits per heavy atom. The van der Waals surface area contributed by atoms with E-state index in [1.807, 2.05) is 36.6 Å². The average molecular weight is 451 g/mol. The van der Waals surface area contributed by atoms with E-state index in [9.17, 15) is 4.79 Å². The minimum absolute atomic E-state index is 0.132. The second kappa shape index (κ2) is 9.48. The van der Waals surface area contributed by atoms with Crippen LogP contribution in [-0.4, -0.2) is 25.1 Å².